The molecule has 0 saturated carbocycles. The highest BCUT2D eigenvalue weighted by Gasteiger charge is 2.26. The largest absolute Gasteiger partial charge is 0.342 e. The highest BCUT2D eigenvalue weighted by Crippen LogP contribution is 2.24. The molecule has 2 aliphatic rings. The van der Waals surface area contributed by atoms with Crippen LogP contribution in [0.2, 0.25) is 0 Å². The van der Waals surface area contributed by atoms with Gasteiger partial charge in [-0.3, -0.25) is 14.5 Å². The summed E-state index contributed by atoms with van der Waals surface area (Å²) >= 11 is 1.63. The zero-order valence-electron chi connectivity index (χ0n) is 15.4. The van der Waals surface area contributed by atoms with Gasteiger partial charge < -0.3 is 9.80 Å². The smallest absolute Gasteiger partial charge is 0.264 e. The number of amides is 2. The molecule has 0 unspecified atom stereocenters. The lowest BCUT2D eigenvalue weighted by Gasteiger charge is -2.35. The first kappa shape index (κ1) is 18.4. The Morgan fingerprint density at radius 1 is 1.00 bits per heavy atom. The first-order chi connectivity index (χ1) is 12.1. The van der Waals surface area contributed by atoms with Gasteiger partial charge in [0.2, 0.25) is 5.91 Å². The van der Waals surface area contributed by atoms with E-state index < -0.39 is 0 Å². The molecule has 6 heteroatoms. The van der Waals surface area contributed by atoms with Crippen molar-refractivity contribution in [2.45, 2.75) is 39.5 Å². The van der Waals surface area contributed by atoms with Gasteiger partial charge in [-0.2, -0.15) is 0 Å². The van der Waals surface area contributed by atoms with Crippen LogP contribution in [-0.4, -0.2) is 72.3 Å². The second-order valence-corrected chi connectivity index (χ2v) is 8.22. The van der Waals surface area contributed by atoms with Gasteiger partial charge in [-0.15, -0.1) is 11.3 Å². The maximum Gasteiger partial charge on any atom is 0.264 e. The first-order valence-corrected chi connectivity index (χ1v) is 10.3. The lowest BCUT2D eigenvalue weighted by Crippen LogP contribution is -2.51. The van der Waals surface area contributed by atoms with E-state index in [0.29, 0.717) is 19.6 Å². The van der Waals surface area contributed by atoms with E-state index in [1.807, 2.05) is 15.9 Å². The number of aryl methyl sites for hydroxylation is 2. The first-order valence-electron chi connectivity index (χ1n) is 9.47. The van der Waals surface area contributed by atoms with E-state index in [0.717, 1.165) is 50.3 Å². The third kappa shape index (κ3) is 4.42. The van der Waals surface area contributed by atoms with Crippen molar-refractivity contribution in [1.82, 2.24) is 14.7 Å². The van der Waals surface area contributed by atoms with E-state index in [2.05, 4.69) is 18.7 Å². The maximum absolute atomic E-state index is 12.7. The van der Waals surface area contributed by atoms with Crippen LogP contribution in [0.4, 0.5) is 0 Å². The molecule has 2 fully saturated rings. The minimum atomic E-state index is 0.148. The summed E-state index contributed by atoms with van der Waals surface area (Å²) in [6.07, 6.45) is 4.49. The summed E-state index contributed by atoms with van der Waals surface area (Å²) in [6, 6.07) is 2.03. The van der Waals surface area contributed by atoms with Crippen molar-refractivity contribution < 1.29 is 9.59 Å². The number of thiophene rings is 1. The molecule has 3 heterocycles. The lowest BCUT2D eigenvalue weighted by molar-refractivity contribution is -0.133. The van der Waals surface area contributed by atoms with E-state index in [9.17, 15) is 9.59 Å². The summed E-state index contributed by atoms with van der Waals surface area (Å²) in [5.41, 5.74) is 1.22. The quantitative estimate of drug-likeness (QED) is 0.825. The summed E-state index contributed by atoms with van der Waals surface area (Å²) in [5.74, 6) is 0.399. The van der Waals surface area contributed by atoms with Crippen LogP contribution in [0.5, 0.6) is 0 Å². The Kier molecular flexibility index (Phi) is 6.12. The fourth-order valence-corrected chi connectivity index (χ4v) is 4.76. The molecule has 1 aromatic heterocycles. The van der Waals surface area contributed by atoms with Gasteiger partial charge in [0.15, 0.2) is 0 Å². The van der Waals surface area contributed by atoms with Gasteiger partial charge in [0, 0.05) is 44.1 Å². The van der Waals surface area contributed by atoms with Crippen molar-refractivity contribution in [1.29, 1.82) is 0 Å². The van der Waals surface area contributed by atoms with Crippen LogP contribution in [0.1, 0.15) is 46.3 Å². The average molecular weight is 364 g/mol. The van der Waals surface area contributed by atoms with Gasteiger partial charge in [-0.05, 0) is 44.2 Å². The Morgan fingerprint density at radius 2 is 1.68 bits per heavy atom. The molecule has 0 aliphatic carbocycles. The second kappa shape index (κ2) is 8.32. The molecule has 0 spiro atoms. The molecular weight excluding hydrogens is 334 g/mol. The molecule has 2 aliphatic heterocycles. The van der Waals surface area contributed by atoms with Crippen molar-refractivity contribution in [2.75, 3.05) is 45.8 Å². The predicted molar refractivity (Wildman–Crippen MR) is 101 cm³/mol. The van der Waals surface area contributed by atoms with Crippen LogP contribution in [0.15, 0.2) is 6.07 Å². The summed E-state index contributed by atoms with van der Waals surface area (Å²) in [6.45, 7) is 9.53. The number of piperidine rings is 1. The number of carbonyl (C=O) groups is 2. The van der Waals surface area contributed by atoms with Gasteiger partial charge in [-0.1, -0.05) is 6.92 Å². The summed E-state index contributed by atoms with van der Waals surface area (Å²) in [7, 11) is 0. The number of piperazine rings is 1. The number of rotatable bonds is 4. The van der Waals surface area contributed by atoms with E-state index >= 15 is 0 Å². The molecule has 3 rings (SSSR count). The molecule has 0 N–H and O–H groups in total. The summed E-state index contributed by atoms with van der Waals surface area (Å²) in [5, 5.41) is 0. The molecule has 25 heavy (non-hydrogen) atoms. The third-order valence-corrected chi connectivity index (χ3v) is 6.65. The Labute approximate surface area is 154 Å². The zero-order chi connectivity index (χ0) is 17.8. The van der Waals surface area contributed by atoms with Crippen LogP contribution in [-0.2, 0) is 11.2 Å². The van der Waals surface area contributed by atoms with Crippen molar-refractivity contribution in [3.63, 3.8) is 0 Å². The molecule has 2 saturated heterocycles. The molecule has 138 valence electrons. The highest BCUT2D eigenvalue weighted by molar-refractivity contribution is 7.14. The number of likely N-dealkylation sites (tertiary alicyclic amines) is 1. The molecule has 0 aromatic carbocycles. The van der Waals surface area contributed by atoms with Crippen LogP contribution < -0.4 is 0 Å². The average Bonchev–Trinajstić information content (AvgIpc) is 3.03. The van der Waals surface area contributed by atoms with Crippen molar-refractivity contribution in [2.24, 2.45) is 0 Å². The van der Waals surface area contributed by atoms with Gasteiger partial charge in [0.05, 0.1) is 11.4 Å². The monoisotopic (exact) mass is 363 g/mol. The summed E-state index contributed by atoms with van der Waals surface area (Å²) < 4.78 is 0. The van der Waals surface area contributed by atoms with E-state index in [1.54, 1.807) is 11.3 Å². The normalized spacial score (nSPS) is 19.3. The highest BCUT2D eigenvalue weighted by atomic mass is 32.1. The van der Waals surface area contributed by atoms with Crippen LogP contribution >= 0.6 is 11.3 Å². The Balaban J connectivity index is 1.49. The zero-order valence-corrected chi connectivity index (χ0v) is 16.2. The number of hydrogen-bond donors (Lipinski definition) is 0. The third-order valence-electron chi connectivity index (χ3n) is 5.28. The number of carbonyl (C=O) groups excluding carboxylic acids is 2. The molecule has 0 atom stereocenters. The predicted octanol–water partition coefficient (Wildman–Crippen LogP) is 2.39. The van der Waals surface area contributed by atoms with Crippen molar-refractivity contribution >= 4 is 23.2 Å². The standard InChI is InChI=1S/C19H29N3O2S/c1-3-16-15(2)13-17(25-16)19(24)22-11-9-20(10-12-22)14-18(23)21-7-5-4-6-8-21/h13H,3-12,14H2,1-2H3. The minimum absolute atomic E-state index is 0.148. The Bertz CT molecular complexity index is 614. The lowest BCUT2D eigenvalue weighted by atomic mass is 10.1. The molecular formula is C19H29N3O2S. The minimum Gasteiger partial charge on any atom is -0.342 e. The SMILES string of the molecule is CCc1sc(C(=O)N2CCN(CC(=O)N3CCCCC3)CC2)cc1C. The van der Waals surface area contributed by atoms with Gasteiger partial charge in [0.25, 0.3) is 5.91 Å². The Morgan fingerprint density at radius 3 is 2.28 bits per heavy atom. The van der Waals surface area contributed by atoms with Gasteiger partial charge in [-0.25, -0.2) is 0 Å². The number of hydrogen-bond acceptors (Lipinski definition) is 4. The molecule has 0 radical (unpaired) electrons. The maximum atomic E-state index is 12.7. The fraction of sp³-hybridized carbons (Fsp3) is 0.684. The summed E-state index contributed by atoms with van der Waals surface area (Å²) in [4.78, 5) is 33.4. The molecule has 1 aromatic rings. The van der Waals surface area contributed by atoms with Crippen LogP contribution in [0.25, 0.3) is 0 Å². The van der Waals surface area contributed by atoms with Crippen molar-refractivity contribution in [3.05, 3.63) is 21.4 Å². The molecule has 5 nitrogen and oxygen atoms in total. The fourth-order valence-electron chi connectivity index (χ4n) is 3.68. The second-order valence-electron chi connectivity index (χ2n) is 7.08. The van der Waals surface area contributed by atoms with E-state index in [1.165, 1.54) is 16.9 Å². The van der Waals surface area contributed by atoms with Crippen LogP contribution in [0.3, 0.4) is 0 Å². The Hall–Kier alpha value is -1.40. The number of nitrogens with zero attached hydrogens (tertiary/aromatic N) is 3. The molecule has 2 amide bonds. The van der Waals surface area contributed by atoms with Gasteiger partial charge >= 0.3 is 0 Å². The van der Waals surface area contributed by atoms with E-state index in [4.69, 9.17) is 0 Å². The van der Waals surface area contributed by atoms with Gasteiger partial charge in [0.1, 0.15) is 0 Å². The topological polar surface area (TPSA) is 43.9 Å². The molecule has 0 bridgehead atoms. The van der Waals surface area contributed by atoms with E-state index in [-0.39, 0.29) is 11.8 Å². The van der Waals surface area contributed by atoms with Crippen molar-refractivity contribution in [3.8, 4) is 0 Å². The van der Waals surface area contributed by atoms with Crippen LogP contribution in [0, 0.1) is 6.92 Å².